The topological polar surface area (TPSA) is 68.1 Å². The number of aromatic nitrogens is 1. The van der Waals surface area contributed by atoms with Gasteiger partial charge in [0.05, 0.1) is 32.9 Å². The van der Waals surface area contributed by atoms with E-state index in [0.29, 0.717) is 10.7 Å². The zero-order valence-electron chi connectivity index (χ0n) is 9.46. The Morgan fingerprint density at radius 2 is 2.33 bits per heavy atom. The first-order valence-electron chi connectivity index (χ1n) is 5.16. The third-order valence-electron chi connectivity index (χ3n) is 2.43. The summed E-state index contributed by atoms with van der Waals surface area (Å²) in [5, 5.41) is 16.0. The molecule has 0 saturated carbocycles. The molecule has 1 aromatic heterocycles. The minimum absolute atomic E-state index is 0.00444. The van der Waals surface area contributed by atoms with E-state index in [0.717, 1.165) is 5.69 Å². The van der Waals surface area contributed by atoms with Crippen molar-refractivity contribution in [1.82, 2.24) is 4.98 Å². The number of hydrogen-bond donors (Lipinski definition) is 1. The van der Waals surface area contributed by atoms with Gasteiger partial charge in [0.25, 0.3) is 5.69 Å². The van der Waals surface area contributed by atoms with Gasteiger partial charge in [-0.15, -0.1) is 11.3 Å². The molecule has 0 aliphatic carbocycles. The minimum Gasteiger partial charge on any atom is -0.376 e. The largest absolute Gasteiger partial charge is 0.376 e. The van der Waals surface area contributed by atoms with Crippen molar-refractivity contribution in [3.05, 3.63) is 49.9 Å². The maximum absolute atomic E-state index is 10.6. The summed E-state index contributed by atoms with van der Waals surface area (Å²) >= 11 is 7.51. The van der Waals surface area contributed by atoms with Gasteiger partial charge in [-0.3, -0.25) is 10.1 Å². The number of thiazole rings is 1. The lowest BCUT2D eigenvalue weighted by Crippen LogP contribution is -2.07. The summed E-state index contributed by atoms with van der Waals surface area (Å²) in [5.74, 6) is 0. The molecule has 0 amide bonds. The Balaban J connectivity index is 2.17. The molecule has 18 heavy (non-hydrogen) atoms. The summed E-state index contributed by atoms with van der Waals surface area (Å²) in [7, 11) is 0. The molecule has 1 atom stereocenters. The van der Waals surface area contributed by atoms with E-state index >= 15 is 0 Å². The Labute approximate surface area is 113 Å². The van der Waals surface area contributed by atoms with Crippen LogP contribution in [-0.2, 0) is 0 Å². The number of benzene rings is 1. The third-order valence-corrected chi connectivity index (χ3v) is 3.35. The molecule has 1 unspecified atom stereocenters. The second-order valence-corrected chi connectivity index (χ2v) is 4.83. The maximum atomic E-state index is 10.6. The van der Waals surface area contributed by atoms with Crippen molar-refractivity contribution in [2.24, 2.45) is 0 Å². The third kappa shape index (κ3) is 2.77. The molecule has 0 spiro atoms. The van der Waals surface area contributed by atoms with E-state index in [9.17, 15) is 10.1 Å². The number of non-ortho nitro benzene ring substituents is 1. The molecule has 0 fully saturated rings. The highest BCUT2D eigenvalue weighted by molar-refractivity contribution is 7.07. The molecule has 94 valence electrons. The number of rotatable bonds is 4. The molecule has 0 radical (unpaired) electrons. The lowest BCUT2D eigenvalue weighted by atomic mass is 10.2. The first kappa shape index (κ1) is 12.8. The number of nitrogens with one attached hydrogen (secondary N) is 1. The molecule has 1 heterocycles. The average Bonchev–Trinajstić information content (AvgIpc) is 2.85. The molecule has 0 aliphatic heterocycles. The maximum Gasteiger partial charge on any atom is 0.271 e. The summed E-state index contributed by atoms with van der Waals surface area (Å²) in [6, 6.07) is 4.35. The van der Waals surface area contributed by atoms with E-state index in [2.05, 4.69) is 10.3 Å². The molecule has 5 nitrogen and oxygen atoms in total. The fourth-order valence-electron chi connectivity index (χ4n) is 1.48. The Bertz CT molecular complexity index is 559. The number of halogens is 1. The van der Waals surface area contributed by atoms with Crippen molar-refractivity contribution in [2.75, 3.05) is 5.32 Å². The van der Waals surface area contributed by atoms with Crippen LogP contribution >= 0.6 is 22.9 Å². The molecular weight excluding hydrogens is 274 g/mol. The van der Waals surface area contributed by atoms with E-state index in [1.165, 1.54) is 23.5 Å². The van der Waals surface area contributed by atoms with Crippen LogP contribution in [0.4, 0.5) is 11.4 Å². The second kappa shape index (κ2) is 5.32. The molecule has 0 saturated heterocycles. The molecule has 7 heteroatoms. The van der Waals surface area contributed by atoms with Gasteiger partial charge in [0.2, 0.25) is 0 Å². The van der Waals surface area contributed by atoms with Gasteiger partial charge in [-0.2, -0.15) is 0 Å². The highest BCUT2D eigenvalue weighted by Gasteiger charge is 2.12. The second-order valence-electron chi connectivity index (χ2n) is 3.70. The van der Waals surface area contributed by atoms with Crippen molar-refractivity contribution in [3.8, 4) is 0 Å². The first-order valence-corrected chi connectivity index (χ1v) is 6.48. The zero-order valence-corrected chi connectivity index (χ0v) is 11.0. The molecule has 2 aromatic rings. The van der Waals surface area contributed by atoms with Crippen molar-refractivity contribution in [2.45, 2.75) is 13.0 Å². The van der Waals surface area contributed by atoms with Crippen LogP contribution in [0.25, 0.3) is 0 Å². The molecule has 1 aromatic carbocycles. The van der Waals surface area contributed by atoms with Crippen LogP contribution in [0.5, 0.6) is 0 Å². The molecule has 0 bridgehead atoms. The van der Waals surface area contributed by atoms with Crippen LogP contribution in [0.2, 0.25) is 5.02 Å². The summed E-state index contributed by atoms with van der Waals surface area (Å²) in [4.78, 5) is 14.3. The van der Waals surface area contributed by atoms with Crippen molar-refractivity contribution in [3.63, 3.8) is 0 Å². The molecule has 2 rings (SSSR count). The quantitative estimate of drug-likeness (QED) is 0.683. The molecule has 1 N–H and O–H groups in total. The van der Waals surface area contributed by atoms with E-state index in [-0.39, 0.29) is 11.7 Å². The van der Waals surface area contributed by atoms with E-state index < -0.39 is 4.92 Å². The zero-order chi connectivity index (χ0) is 13.1. The van der Waals surface area contributed by atoms with Gasteiger partial charge in [0.15, 0.2) is 0 Å². The SMILES string of the molecule is CC(Nc1ccc([N+](=O)[O-])cc1Cl)c1cscn1. The van der Waals surface area contributed by atoms with Crippen LogP contribution in [-0.4, -0.2) is 9.91 Å². The van der Waals surface area contributed by atoms with E-state index in [1.807, 2.05) is 12.3 Å². The Morgan fingerprint density at radius 3 is 2.89 bits per heavy atom. The fourth-order valence-corrected chi connectivity index (χ4v) is 2.35. The number of nitrogens with zero attached hydrogens (tertiary/aromatic N) is 2. The van der Waals surface area contributed by atoms with Gasteiger partial charge in [0.1, 0.15) is 0 Å². The van der Waals surface area contributed by atoms with Gasteiger partial charge in [-0.05, 0) is 13.0 Å². The Hall–Kier alpha value is -1.66. The van der Waals surface area contributed by atoms with Crippen LogP contribution in [0.15, 0.2) is 29.1 Å². The normalized spacial score (nSPS) is 12.1. The number of nitro benzene ring substituents is 1. The smallest absolute Gasteiger partial charge is 0.271 e. The number of hydrogen-bond acceptors (Lipinski definition) is 5. The first-order chi connectivity index (χ1) is 8.58. The summed E-state index contributed by atoms with van der Waals surface area (Å²) in [6.45, 7) is 1.95. The predicted octanol–water partition coefficient (Wildman–Crippen LogP) is 3.88. The highest BCUT2D eigenvalue weighted by atomic mass is 35.5. The highest BCUT2D eigenvalue weighted by Crippen LogP contribution is 2.29. The summed E-state index contributed by atoms with van der Waals surface area (Å²) in [5.41, 5.74) is 3.30. The van der Waals surface area contributed by atoms with Gasteiger partial charge in [0, 0.05) is 17.5 Å². The van der Waals surface area contributed by atoms with Gasteiger partial charge in [-0.25, -0.2) is 4.98 Å². The Morgan fingerprint density at radius 1 is 1.56 bits per heavy atom. The van der Waals surface area contributed by atoms with Gasteiger partial charge < -0.3 is 5.32 Å². The minimum atomic E-state index is -0.473. The van der Waals surface area contributed by atoms with Crippen molar-refractivity contribution >= 4 is 34.3 Å². The van der Waals surface area contributed by atoms with E-state index in [1.54, 1.807) is 11.6 Å². The lowest BCUT2D eigenvalue weighted by Gasteiger charge is -2.14. The van der Waals surface area contributed by atoms with Crippen LogP contribution in [0.1, 0.15) is 18.7 Å². The molecule has 0 aliphatic rings. The molecular formula is C11H10ClN3O2S. The van der Waals surface area contributed by atoms with Crippen molar-refractivity contribution in [1.29, 1.82) is 0 Å². The standard InChI is InChI=1S/C11H10ClN3O2S/c1-7(11-5-18-6-13-11)14-10-3-2-8(15(16)17)4-9(10)12/h2-7,14H,1H3. The van der Waals surface area contributed by atoms with Gasteiger partial charge in [-0.1, -0.05) is 11.6 Å². The summed E-state index contributed by atoms with van der Waals surface area (Å²) in [6.07, 6.45) is 0. The number of nitro groups is 1. The fraction of sp³-hybridized carbons (Fsp3) is 0.182. The predicted molar refractivity (Wildman–Crippen MR) is 72.3 cm³/mol. The number of anilines is 1. The lowest BCUT2D eigenvalue weighted by molar-refractivity contribution is -0.384. The average molecular weight is 284 g/mol. The summed E-state index contributed by atoms with van der Waals surface area (Å²) < 4.78 is 0. The van der Waals surface area contributed by atoms with Crippen LogP contribution in [0, 0.1) is 10.1 Å². The van der Waals surface area contributed by atoms with E-state index in [4.69, 9.17) is 11.6 Å². The van der Waals surface area contributed by atoms with Gasteiger partial charge >= 0.3 is 0 Å². The van der Waals surface area contributed by atoms with Crippen LogP contribution in [0.3, 0.4) is 0 Å². The van der Waals surface area contributed by atoms with Crippen LogP contribution < -0.4 is 5.32 Å². The monoisotopic (exact) mass is 283 g/mol. The Kier molecular flexibility index (Phi) is 3.78. The van der Waals surface area contributed by atoms with Crippen molar-refractivity contribution < 1.29 is 4.92 Å².